The van der Waals surface area contributed by atoms with Gasteiger partial charge in [-0.25, -0.2) is 14.5 Å². The Morgan fingerprint density at radius 3 is 3.00 bits per heavy atom. The number of aliphatic hydroxyl groups excluding tert-OH is 1. The molecule has 1 aromatic heterocycles. The number of aliphatic hydroxyl groups is 1. The molecule has 1 aliphatic rings. The fourth-order valence-electron chi connectivity index (χ4n) is 2.45. The van der Waals surface area contributed by atoms with Gasteiger partial charge < -0.3 is 15.3 Å². The minimum atomic E-state index is -0.152. The van der Waals surface area contributed by atoms with Gasteiger partial charge in [-0.05, 0) is 19.8 Å². The van der Waals surface area contributed by atoms with Gasteiger partial charge in [-0.3, -0.25) is 0 Å². The normalized spacial score (nSPS) is 17.6. The topological polar surface area (TPSA) is 83.3 Å². The molecular weight excluding hydrogens is 258 g/mol. The lowest BCUT2D eigenvalue weighted by Crippen LogP contribution is -2.44. The van der Waals surface area contributed by atoms with E-state index in [1.165, 1.54) is 0 Å². The number of likely N-dealkylation sites (N-methyl/N-ethyl adjacent to an activating group) is 1. The summed E-state index contributed by atoms with van der Waals surface area (Å²) in [6, 6.07) is -0.238. The van der Waals surface area contributed by atoms with Crippen LogP contribution in [0.1, 0.15) is 44.4 Å². The fourth-order valence-corrected chi connectivity index (χ4v) is 2.45. The summed E-state index contributed by atoms with van der Waals surface area (Å²) in [7, 11) is 0. The quantitative estimate of drug-likeness (QED) is 0.832. The molecule has 7 heteroatoms. The molecule has 0 aliphatic carbocycles. The minimum Gasteiger partial charge on any atom is -0.395 e. The number of nitrogens with one attached hydrogen (secondary N) is 1. The number of carbonyl (C=O) groups excluding carboxylic acids is 1. The third kappa shape index (κ3) is 3.09. The van der Waals surface area contributed by atoms with Crippen molar-refractivity contribution in [1.82, 2.24) is 25.0 Å². The van der Waals surface area contributed by atoms with Gasteiger partial charge in [0.2, 0.25) is 0 Å². The standard InChI is InChI=1S/C13H23N5O2/c1-3-11-15-12-10(6-5-7-18(12)16-11)14-13(20)17(4-2)8-9-19/h10,19H,3-9H2,1-2H3,(H,14,20). The van der Waals surface area contributed by atoms with Crippen LogP contribution in [0.2, 0.25) is 0 Å². The Bertz CT molecular complexity index is 460. The summed E-state index contributed by atoms with van der Waals surface area (Å²) in [5, 5.41) is 16.4. The van der Waals surface area contributed by atoms with Gasteiger partial charge in [0.15, 0.2) is 5.82 Å². The van der Waals surface area contributed by atoms with Gasteiger partial charge in [-0.1, -0.05) is 6.92 Å². The summed E-state index contributed by atoms with van der Waals surface area (Å²) in [6.45, 7) is 5.68. The first kappa shape index (κ1) is 14.8. The van der Waals surface area contributed by atoms with Gasteiger partial charge in [0.1, 0.15) is 5.82 Å². The average Bonchev–Trinajstić information content (AvgIpc) is 2.88. The smallest absolute Gasteiger partial charge is 0.318 e. The molecule has 1 aromatic rings. The lowest BCUT2D eigenvalue weighted by molar-refractivity contribution is 0.174. The highest BCUT2D eigenvalue weighted by atomic mass is 16.3. The molecular formula is C13H23N5O2. The van der Waals surface area contributed by atoms with E-state index >= 15 is 0 Å². The van der Waals surface area contributed by atoms with E-state index in [0.717, 1.165) is 37.5 Å². The Morgan fingerprint density at radius 1 is 1.55 bits per heavy atom. The highest BCUT2D eigenvalue weighted by Gasteiger charge is 2.26. The van der Waals surface area contributed by atoms with Gasteiger partial charge in [-0.15, -0.1) is 0 Å². The summed E-state index contributed by atoms with van der Waals surface area (Å²) >= 11 is 0. The van der Waals surface area contributed by atoms with Crippen LogP contribution in [-0.4, -0.2) is 50.5 Å². The van der Waals surface area contributed by atoms with E-state index in [2.05, 4.69) is 15.4 Å². The maximum atomic E-state index is 12.2. The first-order valence-corrected chi connectivity index (χ1v) is 7.29. The SMILES string of the molecule is CCc1nc2n(n1)CCCC2NC(=O)N(CC)CCO. The molecule has 0 spiro atoms. The number of rotatable bonds is 5. The molecule has 1 atom stereocenters. The Morgan fingerprint density at radius 2 is 2.35 bits per heavy atom. The summed E-state index contributed by atoms with van der Waals surface area (Å²) in [4.78, 5) is 18.3. The molecule has 0 saturated heterocycles. The number of hydrogen-bond donors (Lipinski definition) is 2. The van der Waals surface area contributed by atoms with Crippen LogP contribution in [0.4, 0.5) is 4.79 Å². The van der Waals surface area contributed by atoms with Crippen molar-refractivity contribution in [3.05, 3.63) is 11.6 Å². The van der Waals surface area contributed by atoms with Crippen LogP contribution in [0.5, 0.6) is 0 Å². The van der Waals surface area contributed by atoms with Gasteiger partial charge in [0.05, 0.1) is 12.6 Å². The third-order valence-electron chi connectivity index (χ3n) is 3.57. The molecule has 1 unspecified atom stereocenters. The van der Waals surface area contributed by atoms with Crippen molar-refractivity contribution in [1.29, 1.82) is 0 Å². The lowest BCUT2D eigenvalue weighted by Gasteiger charge is -2.27. The molecule has 0 saturated carbocycles. The van der Waals surface area contributed by atoms with E-state index in [-0.39, 0.29) is 18.7 Å². The molecule has 112 valence electrons. The van der Waals surface area contributed by atoms with Crippen LogP contribution < -0.4 is 5.32 Å². The monoisotopic (exact) mass is 281 g/mol. The number of hydrogen-bond acceptors (Lipinski definition) is 4. The van der Waals surface area contributed by atoms with Crippen molar-refractivity contribution in [2.45, 2.75) is 45.7 Å². The summed E-state index contributed by atoms with van der Waals surface area (Å²) in [5.41, 5.74) is 0. The highest BCUT2D eigenvalue weighted by molar-refractivity contribution is 5.74. The zero-order valence-corrected chi connectivity index (χ0v) is 12.2. The molecule has 2 heterocycles. The third-order valence-corrected chi connectivity index (χ3v) is 3.57. The van der Waals surface area contributed by atoms with E-state index in [4.69, 9.17) is 5.11 Å². The molecule has 0 radical (unpaired) electrons. The Kier molecular flexibility index (Phi) is 4.94. The fraction of sp³-hybridized carbons (Fsp3) is 0.769. The number of amides is 2. The molecule has 2 N–H and O–H groups in total. The molecule has 2 rings (SSSR count). The number of carbonyl (C=O) groups is 1. The van der Waals surface area contributed by atoms with E-state index in [9.17, 15) is 4.79 Å². The summed E-state index contributed by atoms with van der Waals surface area (Å²) in [5.74, 6) is 1.67. The molecule has 2 amide bonds. The van der Waals surface area contributed by atoms with Gasteiger partial charge >= 0.3 is 6.03 Å². The second kappa shape index (κ2) is 6.69. The van der Waals surface area contributed by atoms with Gasteiger partial charge in [-0.2, -0.15) is 5.10 Å². The highest BCUT2D eigenvalue weighted by Crippen LogP contribution is 2.23. The van der Waals surface area contributed by atoms with Crippen LogP contribution in [0.15, 0.2) is 0 Å². The predicted molar refractivity (Wildman–Crippen MR) is 74.2 cm³/mol. The van der Waals surface area contributed by atoms with Crippen molar-refractivity contribution in [3.8, 4) is 0 Å². The first-order chi connectivity index (χ1) is 9.69. The summed E-state index contributed by atoms with van der Waals surface area (Å²) in [6.07, 6.45) is 2.66. The number of fused-ring (bicyclic) bond motifs is 1. The van der Waals surface area contributed by atoms with E-state index in [1.54, 1.807) is 4.90 Å². The number of aryl methyl sites for hydroxylation is 2. The largest absolute Gasteiger partial charge is 0.395 e. The minimum absolute atomic E-state index is 0.0257. The van der Waals surface area contributed by atoms with Crippen molar-refractivity contribution in [2.24, 2.45) is 0 Å². The second-order valence-corrected chi connectivity index (χ2v) is 4.91. The molecule has 0 aromatic carbocycles. The van der Waals surface area contributed by atoms with Crippen LogP contribution in [0, 0.1) is 0 Å². The molecule has 7 nitrogen and oxygen atoms in total. The van der Waals surface area contributed by atoms with Gasteiger partial charge in [0, 0.05) is 26.1 Å². The second-order valence-electron chi connectivity index (χ2n) is 4.91. The first-order valence-electron chi connectivity index (χ1n) is 7.29. The Balaban J connectivity index is 2.07. The number of aromatic nitrogens is 3. The Hall–Kier alpha value is -1.63. The number of urea groups is 1. The molecule has 1 aliphatic heterocycles. The molecule has 20 heavy (non-hydrogen) atoms. The Labute approximate surface area is 119 Å². The van der Waals surface area contributed by atoms with Gasteiger partial charge in [0.25, 0.3) is 0 Å². The predicted octanol–water partition coefficient (Wildman–Crippen LogP) is 0.699. The molecule has 0 bridgehead atoms. The van der Waals surface area contributed by atoms with Crippen LogP contribution >= 0.6 is 0 Å². The van der Waals surface area contributed by atoms with Crippen molar-refractivity contribution < 1.29 is 9.90 Å². The molecule has 0 fully saturated rings. The maximum Gasteiger partial charge on any atom is 0.318 e. The zero-order chi connectivity index (χ0) is 14.5. The van der Waals surface area contributed by atoms with E-state index in [0.29, 0.717) is 13.1 Å². The van der Waals surface area contributed by atoms with Crippen molar-refractivity contribution in [3.63, 3.8) is 0 Å². The van der Waals surface area contributed by atoms with E-state index < -0.39 is 0 Å². The summed E-state index contributed by atoms with van der Waals surface area (Å²) < 4.78 is 1.90. The van der Waals surface area contributed by atoms with E-state index in [1.807, 2.05) is 18.5 Å². The number of nitrogens with zero attached hydrogens (tertiary/aromatic N) is 4. The zero-order valence-electron chi connectivity index (χ0n) is 12.2. The average molecular weight is 281 g/mol. The lowest BCUT2D eigenvalue weighted by atomic mass is 10.1. The van der Waals surface area contributed by atoms with Crippen molar-refractivity contribution >= 4 is 6.03 Å². The van der Waals surface area contributed by atoms with Crippen LogP contribution in [-0.2, 0) is 13.0 Å². The van der Waals surface area contributed by atoms with Crippen LogP contribution in [0.25, 0.3) is 0 Å². The van der Waals surface area contributed by atoms with Crippen LogP contribution in [0.3, 0.4) is 0 Å². The maximum absolute atomic E-state index is 12.2. The van der Waals surface area contributed by atoms with Crippen molar-refractivity contribution in [2.75, 3.05) is 19.7 Å².